The van der Waals surface area contributed by atoms with Gasteiger partial charge in [0.15, 0.2) is 0 Å². The molecule has 1 aromatic rings. The third kappa shape index (κ3) is 2.80. The first kappa shape index (κ1) is 17.1. The molecule has 0 fully saturated rings. The minimum atomic E-state index is -0.577. The SMILES string of the molecule is CCn1nc(C)cc1C(=O)NC1=NC=C2C(C(N)=O)=COCC3=C2N1CC3. The average molecular weight is 368 g/mol. The average Bonchev–Trinajstić information content (AvgIpc) is 3.17. The van der Waals surface area contributed by atoms with E-state index in [1.165, 1.54) is 6.26 Å². The van der Waals surface area contributed by atoms with Crippen molar-refractivity contribution < 1.29 is 14.3 Å². The standard InChI is InChI=1S/C18H20N6O3/c1-3-24-14(6-10(2)22-24)17(26)21-18-20-7-12-13(16(19)25)9-27-8-11-4-5-23(18)15(11)12/h6-7,9H,3-5,8H2,1-2H3,(H2,19,25)(H,20,21,26). The summed E-state index contributed by atoms with van der Waals surface area (Å²) in [6.45, 7) is 5.38. The first-order valence-electron chi connectivity index (χ1n) is 8.75. The van der Waals surface area contributed by atoms with Crippen LogP contribution in [0.3, 0.4) is 0 Å². The Labute approximate surface area is 155 Å². The molecule has 9 nitrogen and oxygen atoms in total. The van der Waals surface area contributed by atoms with Gasteiger partial charge in [-0.1, -0.05) is 0 Å². The summed E-state index contributed by atoms with van der Waals surface area (Å²) >= 11 is 0. The first-order chi connectivity index (χ1) is 13.0. The second-order valence-electron chi connectivity index (χ2n) is 6.50. The molecule has 9 heteroatoms. The van der Waals surface area contributed by atoms with Crippen LogP contribution in [-0.2, 0) is 16.1 Å². The third-order valence-corrected chi connectivity index (χ3v) is 4.74. The van der Waals surface area contributed by atoms with Gasteiger partial charge in [0.25, 0.3) is 11.8 Å². The summed E-state index contributed by atoms with van der Waals surface area (Å²) in [5.74, 6) is -0.439. The van der Waals surface area contributed by atoms with Crippen LogP contribution in [0.25, 0.3) is 0 Å². The summed E-state index contributed by atoms with van der Waals surface area (Å²) in [6.07, 6.45) is 3.69. The highest BCUT2D eigenvalue weighted by atomic mass is 16.5. The Hall–Kier alpha value is -3.36. The van der Waals surface area contributed by atoms with Crippen molar-refractivity contribution in [1.29, 1.82) is 0 Å². The van der Waals surface area contributed by atoms with Crippen LogP contribution in [0, 0.1) is 6.92 Å². The maximum absolute atomic E-state index is 12.8. The van der Waals surface area contributed by atoms with Crippen LogP contribution in [0.5, 0.6) is 0 Å². The zero-order valence-electron chi connectivity index (χ0n) is 15.2. The highest BCUT2D eigenvalue weighted by Gasteiger charge is 2.36. The van der Waals surface area contributed by atoms with E-state index in [9.17, 15) is 9.59 Å². The van der Waals surface area contributed by atoms with E-state index in [4.69, 9.17) is 10.5 Å². The lowest BCUT2D eigenvalue weighted by Gasteiger charge is -2.28. The Bertz CT molecular complexity index is 966. The number of aryl methyl sites for hydroxylation is 2. The number of primary amides is 1. The summed E-state index contributed by atoms with van der Waals surface area (Å²) < 4.78 is 7.12. The summed E-state index contributed by atoms with van der Waals surface area (Å²) in [5.41, 5.74) is 9.52. The Balaban J connectivity index is 1.68. The molecule has 3 aliphatic heterocycles. The molecule has 27 heavy (non-hydrogen) atoms. The summed E-state index contributed by atoms with van der Waals surface area (Å²) in [6, 6.07) is 1.74. The minimum absolute atomic E-state index is 0.278. The molecule has 1 aromatic heterocycles. The third-order valence-electron chi connectivity index (χ3n) is 4.74. The van der Waals surface area contributed by atoms with E-state index in [1.807, 2.05) is 18.7 Å². The molecule has 0 radical (unpaired) electrons. The number of amides is 2. The lowest BCUT2D eigenvalue weighted by molar-refractivity contribution is -0.114. The van der Waals surface area contributed by atoms with Gasteiger partial charge in [0.2, 0.25) is 5.96 Å². The van der Waals surface area contributed by atoms with Gasteiger partial charge in [-0.3, -0.25) is 19.6 Å². The van der Waals surface area contributed by atoms with Gasteiger partial charge in [-0.15, -0.1) is 0 Å². The summed E-state index contributed by atoms with van der Waals surface area (Å²) in [7, 11) is 0. The zero-order valence-corrected chi connectivity index (χ0v) is 15.2. The highest BCUT2D eigenvalue weighted by Crippen LogP contribution is 2.37. The first-order valence-corrected chi connectivity index (χ1v) is 8.75. The van der Waals surface area contributed by atoms with E-state index < -0.39 is 5.91 Å². The van der Waals surface area contributed by atoms with Crippen LogP contribution in [0.4, 0.5) is 0 Å². The number of nitrogens with two attached hydrogens (primary N) is 1. The monoisotopic (exact) mass is 368 g/mol. The molecule has 0 aromatic carbocycles. The summed E-state index contributed by atoms with van der Waals surface area (Å²) in [5, 5.41) is 7.17. The molecule has 0 saturated heterocycles. The lowest BCUT2D eigenvalue weighted by atomic mass is 10.0. The quantitative estimate of drug-likeness (QED) is 0.809. The number of rotatable bonds is 3. The van der Waals surface area contributed by atoms with E-state index in [0.717, 1.165) is 23.4 Å². The van der Waals surface area contributed by atoms with Crippen molar-refractivity contribution in [2.75, 3.05) is 13.2 Å². The topological polar surface area (TPSA) is 115 Å². The Morgan fingerprint density at radius 2 is 2.22 bits per heavy atom. The predicted molar refractivity (Wildman–Crippen MR) is 97.2 cm³/mol. The second kappa shape index (κ2) is 6.42. The number of aliphatic imine (C=N–C) groups is 1. The van der Waals surface area contributed by atoms with Crippen molar-refractivity contribution in [3.63, 3.8) is 0 Å². The van der Waals surface area contributed by atoms with Crippen LogP contribution >= 0.6 is 0 Å². The largest absolute Gasteiger partial charge is 0.496 e. The number of allylic oxidation sites excluding steroid dienone is 1. The van der Waals surface area contributed by atoms with Crippen molar-refractivity contribution in [3.05, 3.63) is 52.3 Å². The number of nitrogens with one attached hydrogen (secondary N) is 1. The second-order valence-corrected chi connectivity index (χ2v) is 6.50. The number of hydrogen-bond donors (Lipinski definition) is 2. The van der Waals surface area contributed by atoms with Crippen molar-refractivity contribution >= 4 is 17.8 Å². The number of nitrogens with zero attached hydrogens (tertiary/aromatic N) is 4. The molecule has 4 heterocycles. The molecule has 0 saturated carbocycles. The maximum atomic E-state index is 12.8. The van der Waals surface area contributed by atoms with E-state index in [0.29, 0.717) is 36.9 Å². The van der Waals surface area contributed by atoms with E-state index >= 15 is 0 Å². The number of aromatic nitrogens is 2. The fourth-order valence-electron chi connectivity index (χ4n) is 3.52. The van der Waals surface area contributed by atoms with Crippen LogP contribution in [0.2, 0.25) is 0 Å². The van der Waals surface area contributed by atoms with Crippen molar-refractivity contribution in [1.82, 2.24) is 20.0 Å². The van der Waals surface area contributed by atoms with Crippen molar-refractivity contribution in [2.45, 2.75) is 26.8 Å². The van der Waals surface area contributed by atoms with Gasteiger partial charge >= 0.3 is 0 Å². The fraction of sp³-hybridized carbons (Fsp3) is 0.333. The zero-order chi connectivity index (χ0) is 19.1. The normalized spacial score (nSPS) is 18.1. The number of carbonyl (C=O) groups is 2. The Morgan fingerprint density at radius 1 is 1.41 bits per heavy atom. The predicted octanol–water partition coefficient (Wildman–Crippen LogP) is 0.554. The molecule has 140 valence electrons. The Kier molecular flexibility index (Phi) is 4.06. The smallest absolute Gasteiger partial charge is 0.276 e. The molecule has 3 aliphatic rings. The fourth-order valence-corrected chi connectivity index (χ4v) is 3.52. The number of guanidine groups is 1. The van der Waals surface area contributed by atoms with Gasteiger partial charge in [-0.25, -0.2) is 4.99 Å². The van der Waals surface area contributed by atoms with Gasteiger partial charge < -0.3 is 15.4 Å². The van der Waals surface area contributed by atoms with E-state index in [-0.39, 0.29) is 11.5 Å². The Morgan fingerprint density at radius 3 is 2.96 bits per heavy atom. The van der Waals surface area contributed by atoms with Crippen LogP contribution in [0.15, 0.2) is 45.9 Å². The van der Waals surface area contributed by atoms with Gasteiger partial charge in [0.05, 0.1) is 23.2 Å². The van der Waals surface area contributed by atoms with Crippen LogP contribution in [0.1, 0.15) is 29.5 Å². The van der Waals surface area contributed by atoms with Gasteiger partial charge in [-0.2, -0.15) is 5.10 Å². The van der Waals surface area contributed by atoms with Gasteiger partial charge in [0.1, 0.15) is 12.3 Å². The number of carbonyl (C=O) groups excluding carboxylic acids is 2. The van der Waals surface area contributed by atoms with Gasteiger partial charge in [-0.05, 0) is 31.9 Å². The molecule has 0 atom stereocenters. The van der Waals surface area contributed by atoms with Gasteiger partial charge in [0, 0.05) is 24.9 Å². The highest BCUT2D eigenvalue weighted by molar-refractivity contribution is 6.07. The molecule has 0 unspecified atom stereocenters. The van der Waals surface area contributed by atoms with Crippen molar-refractivity contribution in [3.8, 4) is 0 Å². The van der Waals surface area contributed by atoms with Crippen LogP contribution < -0.4 is 11.1 Å². The molecule has 3 N–H and O–H groups in total. The molecular weight excluding hydrogens is 348 g/mol. The number of ether oxygens (including phenoxy) is 1. The lowest BCUT2D eigenvalue weighted by Crippen LogP contribution is -2.44. The molecule has 4 rings (SSSR count). The molecular formula is C18H20N6O3. The maximum Gasteiger partial charge on any atom is 0.276 e. The molecule has 0 spiro atoms. The molecule has 0 bridgehead atoms. The minimum Gasteiger partial charge on any atom is -0.496 e. The molecule has 2 amide bonds. The van der Waals surface area contributed by atoms with Crippen LogP contribution in [-0.4, -0.2) is 45.6 Å². The number of hydrogen-bond acceptors (Lipinski definition) is 6. The van der Waals surface area contributed by atoms with Crippen molar-refractivity contribution in [2.24, 2.45) is 10.7 Å². The van der Waals surface area contributed by atoms with E-state index in [2.05, 4.69) is 15.4 Å². The molecule has 0 aliphatic carbocycles. The summed E-state index contributed by atoms with van der Waals surface area (Å²) in [4.78, 5) is 30.8. The van der Waals surface area contributed by atoms with E-state index in [1.54, 1.807) is 16.9 Å².